The van der Waals surface area contributed by atoms with Crippen LogP contribution >= 0.6 is 0 Å². The molecule has 0 spiro atoms. The van der Waals surface area contributed by atoms with Crippen LogP contribution in [0, 0.1) is 0 Å². The minimum Gasteiger partial charge on any atom is -0.456 e. The number of hydrogen-bond donors (Lipinski definition) is 0. The van der Waals surface area contributed by atoms with Gasteiger partial charge in [-0.05, 0) is 115 Å². The smallest absolute Gasteiger partial charge is 0.136 e. The van der Waals surface area contributed by atoms with Crippen LogP contribution in [-0.2, 0) is 0 Å². The SMILES string of the molecule is c1ccc(-c2ccc(N(c3ccc(-c4ccccc4-c4ccccc4-c4ccccc4-c4ccccc4)cc3)c3ccc(-c4cccc5oc6ccccc6c45)cc3)cc2)cc1. The number of hydrogen-bond acceptors (Lipinski definition) is 2. The summed E-state index contributed by atoms with van der Waals surface area (Å²) in [6.07, 6.45) is 0. The van der Waals surface area contributed by atoms with E-state index in [-0.39, 0.29) is 0 Å². The summed E-state index contributed by atoms with van der Waals surface area (Å²) < 4.78 is 6.25. The van der Waals surface area contributed by atoms with E-state index < -0.39 is 0 Å². The van der Waals surface area contributed by atoms with E-state index in [2.05, 4.69) is 241 Å². The fraction of sp³-hybridized carbons (Fsp3) is 0. The number of para-hydroxylation sites is 1. The van der Waals surface area contributed by atoms with E-state index in [9.17, 15) is 0 Å². The molecule has 0 radical (unpaired) electrons. The van der Waals surface area contributed by atoms with Crippen molar-refractivity contribution in [2.45, 2.75) is 0 Å². The molecule has 1 aromatic heterocycles. The Labute approximate surface area is 362 Å². The Bertz CT molecular complexity index is 3310. The maximum absolute atomic E-state index is 6.25. The van der Waals surface area contributed by atoms with E-state index in [1.54, 1.807) is 0 Å². The molecule has 2 nitrogen and oxygen atoms in total. The number of fused-ring (bicyclic) bond motifs is 3. The number of rotatable bonds is 9. The van der Waals surface area contributed by atoms with Gasteiger partial charge in [0.25, 0.3) is 0 Å². The molecule has 0 aliphatic carbocycles. The van der Waals surface area contributed by atoms with Crippen molar-refractivity contribution in [3.8, 4) is 66.8 Å². The molecule has 0 amide bonds. The standard InChI is InChI=1S/C60H41NO/c1-3-16-42(17-4-1)43-30-36-47(37-31-43)61(49-40-34-46(35-41-49)52-27-15-29-59-60(52)57-26-13-14-28-58(57)62-59)48-38-32-45(33-39-48)51-21-8-10-23-54(51)56-25-12-11-24-55(56)53-22-9-7-20-50(53)44-18-5-2-6-19-44/h1-41H. The lowest BCUT2D eigenvalue weighted by atomic mass is 9.87. The second-order valence-electron chi connectivity index (χ2n) is 15.6. The van der Waals surface area contributed by atoms with Gasteiger partial charge in [0, 0.05) is 27.8 Å². The van der Waals surface area contributed by atoms with Crippen LogP contribution in [0.2, 0.25) is 0 Å². The number of furan rings is 1. The summed E-state index contributed by atoms with van der Waals surface area (Å²) in [4.78, 5) is 2.35. The highest BCUT2D eigenvalue weighted by Gasteiger charge is 2.18. The van der Waals surface area contributed by atoms with E-state index in [0.29, 0.717) is 0 Å². The van der Waals surface area contributed by atoms with Crippen LogP contribution in [0.1, 0.15) is 0 Å². The minimum absolute atomic E-state index is 0.898. The Hall–Kier alpha value is -8.20. The lowest BCUT2D eigenvalue weighted by molar-refractivity contribution is 0.669. The lowest BCUT2D eigenvalue weighted by Gasteiger charge is -2.26. The normalized spacial score (nSPS) is 11.2. The molecular weight excluding hydrogens is 751 g/mol. The quantitative estimate of drug-likeness (QED) is 0.145. The molecule has 0 aliphatic rings. The highest BCUT2D eigenvalue weighted by molar-refractivity contribution is 6.12. The summed E-state index contributed by atoms with van der Waals surface area (Å²) in [5, 5.41) is 2.27. The molecule has 0 bridgehead atoms. The van der Waals surface area contributed by atoms with Crippen LogP contribution in [0.25, 0.3) is 88.7 Å². The molecule has 0 saturated heterocycles. The molecule has 0 atom stereocenters. The third kappa shape index (κ3) is 6.84. The van der Waals surface area contributed by atoms with Gasteiger partial charge in [-0.1, -0.05) is 200 Å². The van der Waals surface area contributed by atoms with Gasteiger partial charge < -0.3 is 9.32 Å². The fourth-order valence-corrected chi connectivity index (χ4v) is 8.99. The Balaban J connectivity index is 0.983. The molecule has 0 aliphatic heterocycles. The zero-order valence-electron chi connectivity index (χ0n) is 34.0. The van der Waals surface area contributed by atoms with Gasteiger partial charge in [0.1, 0.15) is 11.2 Å². The molecule has 0 saturated carbocycles. The van der Waals surface area contributed by atoms with Crippen molar-refractivity contribution >= 4 is 39.0 Å². The van der Waals surface area contributed by atoms with Crippen molar-refractivity contribution in [2.75, 3.05) is 4.90 Å². The Morgan fingerprint density at radius 3 is 1.10 bits per heavy atom. The van der Waals surface area contributed by atoms with Gasteiger partial charge in [-0.3, -0.25) is 0 Å². The topological polar surface area (TPSA) is 16.4 Å². The summed E-state index contributed by atoms with van der Waals surface area (Å²) in [5.41, 5.74) is 19.3. The van der Waals surface area contributed by atoms with Gasteiger partial charge in [0.2, 0.25) is 0 Å². The molecule has 0 N–H and O–H groups in total. The van der Waals surface area contributed by atoms with Crippen LogP contribution in [0.4, 0.5) is 17.1 Å². The molecule has 0 fully saturated rings. The van der Waals surface area contributed by atoms with Crippen molar-refractivity contribution in [1.29, 1.82) is 0 Å². The third-order valence-electron chi connectivity index (χ3n) is 12.0. The monoisotopic (exact) mass is 791 g/mol. The predicted octanol–water partition coefficient (Wildman–Crippen LogP) is 17.1. The largest absolute Gasteiger partial charge is 0.456 e. The minimum atomic E-state index is 0.898. The van der Waals surface area contributed by atoms with Crippen molar-refractivity contribution in [1.82, 2.24) is 0 Å². The van der Waals surface area contributed by atoms with Crippen molar-refractivity contribution in [3.63, 3.8) is 0 Å². The number of benzene rings is 10. The van der Waals surface area contributed by atoms with E-state index in [4.69, 9.17) is 4.42 Å². The predicted molar refractivity (Wildman–Crippen MR) is 261 cm³/mol. The summed E-state index contributed by atoms with van der Waals surface area (Å²) in [6.45, 7) is 0. The van der Waals surface area contributed by atoms with E-state index >= 15 is 0 Å². The highest BCUT2D eigenvalue weighted by atomic mass is 16.3. The first-order valence-electron chi connectivity index (χ1n) is 21.2. The first kappa shape index (κ1) is 36.8. The van der Waals surface area contributed by atoms with Crippen LogP contribution in [-0.4, -0.2) is 0 Å². The maximum Gasteiger partial charge on any atom is 0.136 e. The maximum atomic E-state index is 6.25. The van der Waals surface area contributed by atoms with Crippen molar-refractivity contribution < 1.29 is 4.42 Å². The van der Waals surface area contributed by atoms with Gasteiger partial charge >= 0.3 is 0 Å². The molecule has 1 heterocycles. The van der Waals surface area contributed by atoms with Crippen LogP contribution in [0.3, 0.4) is 0 Å². The van der Waals surface area contributed by atoms with Gasteiger partial charge in [-0.2, -0.15) is 0 Å². The molecule has 11 rings (SSSR count). The van der Waals surface area contributed by atoms with Crippen LogP contribution in [0.5, 0.6) is 0 Å². The zero-order chi connectivity index (χ0) is 41.2. The van der Waals surface area contributed by atoms with Gasteiger partial charge in [0.15, 0.2) is 0 Å². The first-order valence-corrected chi connectivity index (χ1v) is 21.2. The van der Waals surface area contributed by atoms with Gasteiger partial charge in [-0.15, -0.1) is 0 Å². The van der Waals surface area contributed by atoms with Crippen LogP contribution in [0.15, 0.2) is 253 Å². The molecule has 292 valence electrons. The number of anilines is 3. The lowest BCUT2D eigenvalue weighted by Crippen LogP contribution is -2.09. The first-order chi connectivity index (χ1) is 30.8. The van der Waals surface area contributed by atoms with E-state index in [0.717, 1.165) is 55.7 Å². The molecule has 11 aromatic rings. The molecule has 2 heteroatoms. The molecule has 62 heavy (non-hydrogen) atoms. The zero-order valence-corrected chi connectivity index (χ0v) is 34.0. The van der Waals surface area contributed by atoms with Crippen LogP contribution < -0.4 is 4.90 Å². The van der Waals surface area contributed by atoms with E-state index in [1.165, 1.54) is 50.1 Å². The second kappa shape index (κ2) is 16.1. The Morgan fingerprint density at radius 2 is 0.565 bits per heavy atom. The molecule has 0 unspecified atom stereocenters. The second-order valence-corrected chi connectivity index (χ2v) is 15.6. The van der Waals surface area contributed by atoms with E-state index in [1.807, 2.05) is 12.1 Å². The fourth-order valence-electron chi connectivity index (χ4n) is 8.99. The average Bonchev–Trinajstić information content (AvgIpc) is 3.75. The average molecular weight is 792 g/mol. The van der Waals surface area contributed by atoms with Gasteiger partial charge in [0.05, 0.1) is 0 Å². The van der Waals surface area contributed by atoms with Crippen molar-refractivity contribution in [3.05, 3.63) is 249 Å². The summed E-state index contributed by atoms with van der Waals surface area (Å²) in [6, 6.07) is 89.0. The summed E-state index contributed by atoms with van der Waals surface area (Å²) in [5.74, 6) is 0. The summed E-state index contributed by atoms with van der Waals surface area (Å²) in [7, 11) is 0. The number of nitrogens with zero attached hydrogens (tertiary/aromatic N) is 1. The van der Waals surface area contributed by atoms with Crippen molar-refractivity contribution in [2.24, 2.45) is 0 Å². The van der Waals surface area contributed by atoms with Gasteiger partial charge in [-0.25, -0.2) is 0 Å². The molecular formula is C60H41NO. The third-order valence-corrected chi connectivity index (χ3v) is 12.0. The Morgan fingerprint density at radius 1 is 0.226 bits per heavy atom. The highest BCUT2D eigenvalue weighted by Crippen LogP contribution is 2.44. The molecule has 10 aromatic carbocycles. The summed E-state index contributed by atoms with van der Waals surface area (Å²) >= 11 is 0. The Kier molecular flexibility index (Phi) is 9.57.